The van der Waals surface area contributed by atoms with E-state index in [1.54, 1.807) is 6.92 Å². The SMILES string of the molecule is CCOC1C(O)N(c2cc(C(F)(F)C(F)(F)F)ccn2)C(O)N1C. The number of hydrogen-bond donors (Lipinski definition) is 2. The predicted molar refractivity (Wildman–Crippen MR) is 71.9 cm³/mol. The fourth-order valence-electron chi connectivity index (χ4n) is 2.36. The maximum atomic E-state index is 13.5. The van der Waals surface area contributed by atoms with Crippen LogP contribution in [0.25, 0.3) is 0 Å². The molecule has 1 aliphatic rings. The van der Waals surface area contributed by atoms with E-state index in [0.29, 0.717) is 12.1 Å². The number of aromatic nitrogens is 1. The number of likely N-dealkylation sites (N-methyl/N-ethyl adjacent to an activating group) is 1. The molecular formula is C13H16F5N3O3. The van der Waals surface area contributed by atoms with Crippen molar-refractivity contribution in [1.29, 1.82) is 0 Å². The molecule has 6 nitrogen and oxygen atoms in total. The minimum atomic E-state index is -5.78. The Kier molecular flexibility index (Phi) is 5.00. The number of alkyl halides is 5. The summed E-state index contributed by atoms with van der Waals surface area (Å²) in [6.45, 7) is 1.82. The summed E-state index contributed by atoms with van der Waals surface area (Å²) < 4.78 is 69.6. The summed E-state index contributed by atoms with van der Waals surface area (Å²) in [7, 11) is 1.39. The molecule has 3 unspecified atom stereocenters. The average molecular weight is 357 g/mol. The molecule has 1 aromatic heterocycles. The van der Waals surface area contributed by atoms with E-state index in [1.807, 2.05) is 0 Å². The van der Waals surface area contributed by atoms with Crippen LogP contribution in [0.3, 0.4) is 0 Å². The molecule has 2 heterocycles. The van der Waals surface area contributed by atoms with Crippen LogP contribution in [-0.4, -0.2) is 58.7 Å². The molecular weight excluding hydrogens is 341 g/mol. The molecule has 0 spiro atoms. The molecule has 1 fully saturated rings. The Hall–Kier alpha value is -1.56. The van der Waals surface area contributed by atoms with Crippen molar-refractivity contribution in [3.8, 4) is 0 Å². The fourth-order valence-corrected chi connectivity index (χ4v) is 2.36. The van der Waals surface area contributed by atoms with Gasteiger partial charge in [-0.1, -0.05) is 0 Å². The zero-order valence-electron chi connectivity index (χ0n) is 12.7. The number of rotatable bonds is 4. The summed E-state index contributed by atoms with van der Waals surface area (Å²) in [5.41, 5.74) is -1.35. The molecule has 1 aromatic rings. The number of hydrogen-bond acceptors (Lipinski definition) is 6. The highest BCUT2D eigenvalue weighted by atomic mass is 19.4. The van der Waals surface area contributed by atoms with Crippen molar-refractivity contribution in [2.24, 2.45) is 0 Å². The van der Waals surface area contributed by atoms with E-state index in [-0.39, 0.29) is 6.61 Å². The zero-order chi connectivity index (χ0) is 18.3. The topological polar surface area (TPSA) is 69.1 Å². The molecule has 0 amide bonds. The third kappa shape index (κ3) is 3.04. The molecule has 0 aromatic carbocycles. The molecule has 0 bridgehead atoms. The largest absolute Gasteiger partial charge is 0.458 e. The van der Waals surface area contributed by atoms with Crippen LogP contribution in [0.1, 0.15) is 12.5 Å². The van der Waals surface area contributed by atoms with Crippen molar-refractivity contribution >= 4 is 5.82 Å². The molecule has 0 aliphatic carbocycles. The van der Waals surface area contributed by atoms with Gasteiger partial charge in [0.05, 0.1) is 0 Å². The normalized spacial score (nSPS) is 26.2. The first kappa shape index (κ1) is 18.8. The lowest BCUT2D eigenvalue weighted by Gasteiger charge is -2.26. The fraction of sp³-hybridized carbons (Fsp3) is 0.615. The first-order chi connectivity index (χ1) is 11.0. The third-order valence-electron chi connectivity index (χ3n) is 3.62. The van der Waals surface area contributed by atoms with Crippen LogP contribution >= 0.6 is 0 Å². The van der Waals surface area contributed by atoms with Gasteiger partial charge >= 0.3 is 12.1 Å². The Balaban J connectivity index is 2.39. The number of anilines is 1. The van der Waals surface area contributed by atoms with Gasteiger partial charge in [0.25, 0.3) is 0 Å². The monoisotopic (exact) mass is 357 g/mol. The van der Waals surface area contributed by atoms with Gasteiger partial charge in [-0.25, -0.2) is 9.88 Å². The van der Waals surface area contributed by atoms with Gasteiger partial charge in [0.2, 0.25) is 0 Å². The number of aliphatic hydroxyl groups is 2. The lowest BCUT2D eigenvalue weighted by Crippen LogP contribution is -2.41. The molecule has 1 saturated heterocycles. The van der Waals surface area contributed by atoms with Crippen LogP contribution in [-0.2, 0) is 10.7 Å². The van der Waals surface area contributed by atoms with Gasteiger partial charge in [-0.05, 0) is 26.1 Å². The summed E-state index contributed by atoms with van der Waals surface area (Å²) >= 11 is 0. The molecule has 3 atom stereocenters. The molecule has 2 N–H and O–H groups in total. The van der Waals surface area contributed by atoms with E-state index in [4.69, 9.17) is 4.74 Å². The average Bonchev–Trinajstić information content (AvgIpc) is 2.70. The lowest BCUT2D eigenvalue weighted by atomic mass is 10.1. The quantitative estimate of drug-likeness (QED) is 0.795. The summed E-state index contributed by atoms with van der Waals surface area (Å²) in [5, 5.41) is 20.3. The second-order valence-corrected chi connectivity index (χ2v) is 5.15. The first-order valence-corrected chi connectivity index (χ1v) is 6.91. The zero-order valence-corrected chi connectivity index (χ0v) is 12.7. The molecule has 2 rings (SSSR count). The standard InChI is InChI=1S/C13H16F5N3O3/c1-3-24-10-9(22)21(11(23)20(10)2)8-6-7(4-5-19-8)12(14,15)13(16,17)18/h4-6,9-11,22-23H,3H2,1-2H3. The van der Waals surface area contributed by atoms with Crippen molar-refractivity contribution < 1.29 is 36.9 Å². The minimum Gasteiger partial charge on any atom is -0.369 e. The maximum Gasteiger partial charge on any atom is 0.458 e. The van der Waals surface area contributed by atoms with Crippen LogP contribution in [0.2, 0.25) is 0 Å². The van der Waals surface area contributed by atoms with Gasteiger partial charge in [-0.3, -0.25) is 4.90 Å². The van der Waals surface area contributed by atoms with Crippen LogP contribution in [0.5, 0.6) is 0 Å². The molecule has 11 heteroatoms. The van der Waals surface area contributed by atoms with Crippen LogP contribution in [0, 0.1) is 0 Å². The molecule has 0 radical (unpaired) electrons. The van der Waals surface area contributed by atoms with E-state index in [9.17, 15) is 32.2 Å². The number of nitrogens with zero attached hydrogens (tertiary/aromatic N) is 3. The van der Waals surface area contributed by atoms with E-state index < -0.39 is 42.3 Å². The highest BCUT2D eigenvalue weighted by molar-refractivity contribution is 5.45. The summed E-state index contributed by atoms with van der Waals surface area (Å²) in [5.74, 6) is -5.53. The molecule has 1 aliphatic heterocycles. The van der Waals surface area contributed by atoms with Gasteiger partial charge in [0.1, 0.15) is 5.82 Å². The van der Waals surface area contributed by atoms with Gasteiger partial charge in [-0.2, -0.15) is 22.0 Å². The lowest BCUT2D eigenvalue weighted by molar-refractivity contribution is -0.289. The summed E-state index contributed by atoms with van der Waals surface area (Å²) in [4.78, 5) is 5.64. The van der Waals surface area contributed by atoms with Crippen molar-refractivity contribution in [3.05, 3.63) is 23.9 Å². The van der Waals surface area contributed by atoms with Crippen LogP contribution in [0.4, 0.5) is 27.8 Å². The van der Waals surface area contributed by atoms with Crippen molar-refractivity contribution in [3.63, 3.8) is 0 Å². The predicted octanol–water partition coefficient (Wildman–Crippen LogP) is 1.44. The van der Waals surface area contributed by atoms with E-state index in [2.05, 4.69) is 4.98 Å². The second-order valence-electron chi connectivity index (χ2n) is 5.15. The highest BCUT2D eigenvalue weighted by Crippen LogP contribution is 2.44. The Morgan fingerprint density at radius 1 is 1.25 bits per heavy atom. The Bertz CT molecular complexity index is 586. The molecule has 24 heavy (non-hydrogen) atoms. The molecule has 136 valence electrons. The smallest absolute Gasteiger partial charge is 0.369 e. The number of halogens is 5. The van der Waals surface area contributed by atoms with Crippen molar-refractivity contribution in [2.45, 2.75) is 37.8 Å². The second kappa shape index (κ2) is 6.39. The van der Waals surface area contributed by atoms with E-state index >= 15 is 0 Å². The third-order valence-corrected chi connectivity index (χ3v) is 3.62. The number of aliphatic hydroxyl groups excluding tert-OH is 2. The van der Waals surface area contributed by atoms with Gasteiger partial charge < -0.3 is 14.9 Å². The summed E-state index contributed by atoms with van der Waals surface area (Å²) in [6.07, 6.45) is -9.05. The first-order valence-electron chi connectivity index (χ1n) is 6.91. The van der Waals surface area contributed by atoms with Crippen molar-refractivity contribution in [2.75, 3.05) is 18.6 Å². The Morgan fingerprint density at radius 2 is 1.88 bits per heavy atom. The molecule has 0 saturated carbocycles. The summed E-state index contributed by atoms with van der Waals surface area (Å²) in [6, 6.07) is 0.998. The van der Waals surface area contributed by atoms with Gasteiger partial charge in [0, 0.05) is 18.4 Å². The van der Waals surface area contributed by atoms with Crippen LogP contribution in [0.15, 0.2) is 18.3 Å². The Labute approximate surface area is 134 Å². The van der Waals surface area contributed by atoms with Gasteiger partial charge in [-0.15, -0.1) is 0 Å². The Morgan fingerprint density at radius 3 is 2.42 bits per heavy atom. The maximum absolute atomic E-state index is 13.5. The van der Waals surface area contributed by atoms with Gasteiger partial charge in [0.15, 0.2) is 18.8 Å². The van der Waals surface area contributed by atoms with Crippen LogP contribution < -0.4 is 4.90 Å². The highest BCUT2D eigenvalue weighted by Gasteiger charge is 2.59. The van der Waals surface area contributed by atoms with Crippen molar-refractivity contribution in [1.82, 2.24) is 9.88 Å². The number of pyridine rings is 1. The van der Waals surface area contributed by atoms with E-state index in [1.165, 1.54) is 11.9 Å². The minimum absolute atomic E-state index is 0.187. The van der Waals surface area contributed by atoms with E-state index in [0.717, 1.165) is 11.1 Å². The number of ether oxygens (including phenoxy) is 1.